The molecule has 1 aliphatic heterocycles. The molecule has 1 heterocycles. The number of rotatable bonds is 2. The number of hydrogen-bond donors (Lipinski definition) is 0. The predicted molar refractivity (Wildman–Crippen MR) is 68.3 cm³/mol. The Morgan fingerprint density at radius 1 is 1.24 bits per heavy atom. The molecule has 2 aromatic carbocycles. The van der Waals surface area contributed by atoms with E-state index in [1.807, 2.05) is 6.92 Å². The Morgan fingerprint density at radius 2 is 2.12 bits per heavy atom. The summed E-state index contributed by atoms with van der Waals surface area (Å²) in [6.07, 6.45) is 1.89. The third-order valence-electron chi connectivity index (χ3n) is 3.24. The van der Waals surface area contributed by atoms with E-state index in [0.29, 0.717) is 6.61 Å². The summed E-state index contributed by atoms with van der Waals surface area (Å²) in [6, 6.07) is 12.6. The van der Waals surface area contributed by atoms with Crippen molar-refractivity contribution in [2.75, 3.05) is 6.61 Å². The zero-order valence-electron chi connectivity index (χ0n) is 9.98. The molecule has 0 bridgehead atoms. The van der Waals surface area contributed by atoms with Gasteiger partial charge in [-0.2, -0.15) is 0 Å². The zero-order chi connectivity index (χ0) is 11.7. The fraction of sp³-hybridized carbons (Fsp3) is 0.333. The van der Waals surface area contributed by atoms with Crippen molar-refractivity contribution in [3.05, 3.63) is 42.0 Å². The molecule has 17 heavy (non-hydrogen) atoms. The highest BCUT2D eigenvalue weighted by Gasteiger charge is 2.21. The van der Waals surface area contributed by atoms with Crippen LogP contribution in [0.4, 0.5) is 0 Å². The highest BCUT2D eigenvalue weighted by molar-refractivity contribution is 5.87. The molecule has 1 aliphatic rings. The molecule has 2 heteroatoms. The van der Waals surface area contributed by atoms with Crippen molar-refractivity contribution in [2.45, 2.75) is 26.1 Å². The highest BCUT2D eigenvalue weighted by atomic mass is 16.7. The maximum Gasteiger partial charge on any atom is 0.200 e. The third kappa shape index (κ3) is 1.89. The Hall–Kier alpha value is -1.54. The van der Waals surface area contributed by atoms with E-state index in [1.54, 1.807) is 0 Å². The smallest absolute Gasteiger partial charge is 0.200 e. The molecule has 2 nitrogen and oxygen atoms in total. The molecule has 0 radical (unpaired) electrons. The molecule has 0 saturated carbocycles. The van der Waals surface area contributed by atoms with E-state index in [-0.39, 0.29) is 6.29 Å². The molecule has 88 valence electrons. The largest absolute Gasteiger partial charge is 0.465 e. The van der Waals surface area contributed by atoms with Gasteiger partial charge < -0.3 is 9.47 Å². The molecule has 1 atom stereocenters. The summed E-state index contributed by atoms with van der Waals surface area (Å²) < 4.78 is 11.4. The van der Waals surface area contributed by atoms with Gasteiger partial charge in [0.1, 0.15) is 5.75 Å². The molecular weight excluding hydrogens is 212 g/mol. The van der Waals surface area contributed by atoms with E-state index in [4.69, 9.17) is 9.47 Å². The van der Waals surface area contributed by atoms with Crippen molar-refractivity contribution in [2.24, 2.45) is 0 Å². The monoisotopic (exact) mass is 228 g/mol. The van der Waals surface area contributed by atoms with Crippen LogP contribution in [0.15, 0.2) is 36.4 Å². The predicted octanol–water partition coefficient (Wildman–Crippen LogP) is 3.53. The van der Waals surface area contributed by atoms with E-state index in [1.165, 1.54) is 16.3 Å². The molecule has 0 fully saturated rings. The van der Waals surface area contributed by atoms with Gasteiger partial charge in [-0.3, -0.25) is 0 Å². The summed E-state index contributed by atoms with van der Waals surface area (Å²) in [5, 5.41) is 2.59. The van der Waals surface area contributed by atoms with Gasteiger partial charge in [0.2, 0.25) is 0 Å². The number of fused-ring (bicyclic) bond motifs is 3. The van der Waals surface area contributed by atoms with Crippen LogP contribution >= 0.6 is 0 Å². The maximum atomic E-state index is 5.86. The van der Waals surface area contributed by atoms with Gasteiger partial charge in [0.05, 0.1) is 0 Å². The summed E-state index contributed by atoms with van der Waals surface area (Å²) in [5.74, 6) is 0.980. The summed E-state index contributed by atoms with van der Waals surface area (Å²) in [4.78, 5) is 0. The van der Waals surface area contributed by atoms with Crippen LogP contribution in [0.25, 0.3) is 10.8 Å². The van der Waals surface area contributed by atoms with Crippen molar-refractivity contribution in [1.29, 1.82) is 0 Å². The van der Waals surface area contributed by atoms with Crippen molar-refractivity contribution in [3.8, 4) is 5.75 Å². The van der Waals surface area contributed by atoms with Crippen molar-refractivity contribution < 1.29 is 9.47 Å². The first-order valence-corrected chi connectivity index (χ1v) is 6.17. The second kappa shape index (κ2) is 4.38. The third-order valence-corrected chi connectivity index (χ3v) is 3.24. The van der Waals surface area contributed by atoms with Gasteiger partial charge in [-0.15, -0.1) is 0 Å². The van der Waals surface area contributed by atoms with Crippen molar-refractivity contribution in [1.82, 2.24) is 0 Å². The van der Waals surface area contributed by atoms with Gasteiger partial charge in [0.25, 0.3) is 0 Å². The lowest BCUT2D eigenvalue weighted by atomic mass is 9.98. The molecule has 0 saturated heterocycles. The summed E-state index contributed by atoms with van der Waals surface area (Å²) in [5.41, 5.74) is 1.32. The Kier molecular flexibility index (Phi) is 2.73. The summed E-state index contributed by atoms with van der Waals surface area (Å²) in [7, 11) is 0. The molecule has 0 N–H and O–H groups in total. The van der Waals surface area contributed by atoms with Crippen LogP contribution in [0.5, 0.6) is 5.75 Å². The molecule has 0 amide bonds. The number of aryl methyl sites for hydroxylation is 1. The van der Waals surface area contributed by atoms with Crippen LogP contribution in [-0.4, -0.2) is 12.9 Å². The lowest BCUT2D eigenvalue weighted by Crippen LogP contribution is -2.25. The van der Waals surface area contributed by atoms with E-state index >= 15 is 0 Å². The second-order valence-electron chi connectivity index (χ2n) is 4.30. The molecular formula is C15H16O2. The van der Waals surface area contributed by atoms with Gasteiger partial charge in [0, 0.05) is 18.6 Å². The summed E-state index contributed by atoms with van der Waals surface area (Å²) >= 11 is 0. The Labute approximate surface area is 101 Å². The minimum Gasteiger partial charge on any atom is -0.465 e. The number of hydrogen-bond acceptors (Lipinski definition) is 2. The SMILES string of the molecule is CCOC1CCc2c(ccc3ccccc23)O1. The fourth-order valence-corrected chi connectivity index (χ4v) is 2.45. The highest BCUT2D eigenvalue weighted by Crippen LogP contribution is 2.33. The van der Waals surface area contributed by atoms with E-state index < -0.39 is 0 Å². The molecule has 3 rings (SSSR count). The second-order valence-corrected chi connectivity index (χ2v) is 4.30. The van der Waals surface area contributed by atoms with Crippen molar-refractivity contribution in [3.63, 3.8) is 0 Å². The first-order valence-electron chi connectivity index (χ1n) is 6.17. The Bertz CT molecular complexity index is 533. The molecule has 0 spiro atoms. The summed E-state index contributed by atoms with van der Waals surface area (Å²) in [6.45, 7) is 2.70. The van der Waals surface area contributed by atoms with Crippen molar-refractivity contribution >= 4 is 10.8 Å². The van der Waals surface area contributed by atoms with Gasteiger partial charge in [0.15, 0.2) is 6.29 Å². The standard InChI is InChI=1S/C15H16O2/c1-2-16-15-10-8-13-12-6-4-3-5-11(12)7-9-14(13)17-15/h3-7,9,15H,2,8,10H2,1H3. The number of ether oxygens (including phenoxy) is 2. The van der Waals surface area contributed by atoms with Gasteiger partial charge in [-0.25, -0.2) is 0 Å². The minimum absolute atomic E-state index is 0.0753. The van der Waals surface area contributed by atoms with Crippen LogP contribution < -0.4 is 4.74 Å². The quantitative estimate of drug-likeness (QED) is 0.783. The van der Waals surface area contributed by atoms with Gasteiger partial charge in [-0.05, 0) is 30.2 Å². The van der Waals surface area contributed by atoms with Crippen LogP contribution in [0.1, 0.15) is 18.9 Å². The minimum atomic E-state index is -0.0753. The number of benzene rings is 2. The molecule has 0 aromatic heterocycles. The fourth-order valence-electron chi connectivity index (χ4n) is 2.45. The normalized spacial score (nSPS) is 18.8. The maximum absolute atomic E-state index is 5.86. The molecule has 2 aromatic rings. The Balaban J connectivity index is 2.02. The van der Waals surface area contributed by atoms with Crippen LogP contribution in [0.3, 0.4) is 0 Å². The zero-order valence-corrected chi connectivity index (χ0v) is 9.98. The van der Waals surface area contributed by atoms with Crippen LogP contribution in [0, 0.1) is 0 Å². The van der Waals surface area contributed by atoms with E-state index in [9.17, 15) is 0 Å². The van der Waals surface area contributed by atoms with E-state index in [2.05, 4.69) is 36.4 Å². The van der Waals surface area contributed by atoms with E-state index in [0.717, 1.165) is 18.6 Å². The van der Waals surface area contributed by atoms with Crippen LogP contribution in [-0.2, 0) is 11.2 Å². The first kappa shape index (κ1) is 10.6. The van der Waals surface area contributed by atoms with Gasteiger partial charge >= 0.3 is 0 Å². The lowest BCUT2D eigenvalue weighted by molar-refractivity contribution is -0.0859. The molecule has 1 unspecified atom stereocenters. The Morgan fingerprint density at radius 3 is 3.00 bits per heavy atom. The average Bonchev–Trinajstić information content (AvgIpc) is 2.39. The average molecular weight is 228 g/mol. The van der Waals surface area contributed by atoms with Crippen LogP contribution in [0.2, 0.25) is 0 Å². The lowest BCUT2D eigenvalue weighted by Gasteiger charge is -2.26. The first-order chi connectivity index (χ1) is 8.38. The topological polar surface area (TPSA) is 18.5 Å². The molecule has 0 aliphatic carbocycles. The van der Waals surface area contributed by atoms with Gasteiger partial charge in [-0.1, -0.05) is 30.3 Å².